The van der Waals surface area contributed by atoms with Gasteiger partial charge in [0, 0.05) is 43.4 Å². The molecule has 1 fully saturated rings. The minimum absolute atomic E-state index is 0.0359. The van der Waals surface area contributed by atoms with E-state index in [1.807, 2.05) is 31.1 Å². The van der Waals surface area contributed by atoms with E-state index in [2.05, 4.69) is 18.8 Å². The van der Waals surface area contributed by atoms with Crippen molar-refractivity contribution in [2.24, 2.45) is 5.92 Å². The molecule has 1 saturated heterocycles. The third-order valence-electron chi connectivity index (χ3n) is 5.82. The lowest BCUT2D eigenvalue weighted by Crippen LogP contribution is -2.29. The van der Waals surface area contributed by atoms with Crippen LogP contribution in [0.5, 0.6) is 5.75 Å². The second-order valence-electron chi connectivity index (χ2n) is 9.09. The molecule has 0 aliphatic carbocycles. The average Bonchev–Trinajstić information content (AvgIpc) is 3.13. The standard InChI is InChI=1S/C28H29N3O4/c1-18(2)17-35-23-11-5-20(6-12-23)26(32)24-25(19-13-15-29-16-14-19)31(28(34)27(24)33)22-9-7-21(8-10-22)30(3)4/h5-16,18,25,32H,17H2,1-4H3/b26-24+. The first-order chi connectivity index (χ1) is 16.8. The summed E-state index contributed by atoms with van der Waals surface area (Å²) in [7, 11) is 3.86. The van der Waals surface area contributed by atoms with Crippen molar-refractivity contribution in [2.45, 2.75) is 19.9 Å². The number of hydrogen-bond donors (Lipinski definition) is 1. The van der Waals surface area contributed by atoms with E-state index in [-0.39, 0.29) is 11.3 Å². The molecule has 2 heterocycles. The minimum Gasteiger partial charge on any atom is -0.507 e. The van der Waals surface area contributed by atoms with Crippen LogP contribution in [0.4, 0.5) is 11.4 Å². The van der Waals surface area contributed by atoms with Crippen LogP contribution in [-0.2, 0) is 9.59 Å². The SMILES string of the molecule is CC(C)COc1ccc(/C(O)=C2\C(=O)C(=O)N(c3ccc(N(C)C)cc3)C2c2ccncc2)cc1. The number of aromatic nitrogens is 1. The lowest BCUT2D eigenvalue weighted by Gasteiger charge is -2.26. The molecule has 7 heteroatoms. The molecule has 1 atom stereocenters. The molecule has 35 heavy (non-hydrogen) atoms. The molecule has 1 aliphatic heterocycles. The molecule has 4 rings (SSSR count). The number of hydrogen-bond acceptors (Lipinski definition) is 6. The molecule has 0 bridgehead atoms. The lowest BCUT2D eigenvalue weighted by atomic mass is 9.95. The molecule has 1 aliphatic rings. The molecule has 0 spiro atoms. The Morgan fingerprint density at radius 3 is 2.20 bits per heavy atom. The highest BCUT2D eigenvalue weighted by atomic mass is 16.5. The smallest absolute Gasteiger partial charge is 0.300 e. The first kappa shape index (κ1) is 24.0. The van der Waals surface area contributed by atoms with Crippen LogP contribution < -0.4 is 14.5 Å². The summed E-state index contributed by atoms with van der Waals surface area (Å²) >= 11 is 0. The van der Waals surface area contributed by atoms with Gasteiger partial charge in [-0.2, -0.15) is 0 Å². The maximum atomic E-state index is 13.2. The summed E-state index contributed by atoms with van der Waals surface area (Å²) in [4.78, 5) is 33.9. The predicted octanol–water partition coefficient (Wildman–Crippen LogP) is 4.81. The zero-order valence-corrected chi connectivity index (χ0v) is 20.3. The number of amides is 1. The van der Waals surface area contributed by atoms with Gasteiger partial charge in [0.15, 0.2) is 0 Å². The van der Waals surface area contributed by atoms with E-state index < -0.39 is 17.7 Å². The van der Waals surface area contributed by atoms with Crippen molar-refractivity contribution in [2.75, 3.05) is 30.5 Å². The molecule has 2 aromatic carbocycles. The van der Waals surface area contributed by atoms with Gasteiger partial charge < -0.3 is 14.7 Å². The zero-order chi connectivity index (χ0) is 25.1. The molecule has 1 N–H and O–H groups in total. The summed E-state index contributed by atoms with van der Waals surface area (Å²) in [6, 6.07) is 16.9. The maximum Gasteiger partial charge on any atom is 0.300 e. The van der Waals surface area contributed by atoms with Crippen molar-refractivity contribution in [3.63, 3.8) is 0 Å². The van der Waals surface area contributed by atoms with E-state index in [1.54, 1.807) is 60.9 Å². The summed E-state index contributed by atoms with van der Waals surface area (Å²) in [6.07, 6.45) is 3.21. The fourth-order valence-electron chi connectivity index (χ4n) is 4.00. The predicted molar refractivity (Wildman–Crippen MR) is 137 cm³/mol. The molecule has 0 saturated carbocycles. The Hall–Kier alpha value is -4.13. The molecule has 1 amide bonds. The largest absolute Gasteiger partial charge is 0.507 e. The highest BCUT2D eigenvalue weighted by molar-refractivity contribution is 6.51. The third-order valence-corrected chi connectivity index (χ3v) is 5.82. The second kappa shape index (κ2) is 10.0. The van der Waals surface area contributed by atoms with Crippen molar-refractivity contribution in [1.82, 2.24) is 4.98 Å². The number of aliphatic hydroxyl groups is 1. The van der Waals surface area contributed by atoms with Gasteiger partial charge in [-0.3, -0.25) is 19.5 Å². The number of anilines is 2. The molecule has 1 aromatic heterocycles. The Kier molecular flexibility index (Phi) is 6.87. The number of benzene rings is 2. The number of ketones is 1. The van der Waals surface area contributed by atoms with Gasteiger partial charge >= 0.3 is 0 Å². The number of carbonyl (C=O) groups is 2. The monoisotopic (exact) mass is 471 g/mol. The number of nitrogens with zero attached hydrogens (tertiary/aromatic N) is 3. The van der Waals surface area contributed by atoms with Gasteiger partial charge in [0.05, 0.1) is 18.2 Å². The molecule has 1 unspecified atom stereocenters. The van der Waals surface area contributed by atoms with Gasteiger partial charge in [0.2, 0.25) is 0 Å². The van der Waals surface area contributed by atoms with Crippen molar-refractivity contribution < 1.29 is 19.4 Å². The first-order valence-corrected chi connectivity index (χ1v) is 11.5. The number of rotatable bonds is 7. The van der Waals surface area contributed by atoms with E-state index in [1.165, 1.54) is 4.90 Å². The van der Waals surface area contributed by atoms with Gasteiger partial charge in [0.1, 0.15) is 11.5 Å². The van der Waals surface area contributed by atoms with Crippen molar-refractivity contribution in [3.05, 3.63) is 89.8 Å². The first-order valence-electron chi connectivity index (χ1n) is 11.5. The van der Waals surface area contributed by atoms with E-state index in [4.69, 9.17) is 4.74 Å². The second-order valence-corrected chi connectivity index (χ2v) is 9.09. The van der Waals surface area contributed by atoms with E-state index >= 15 is 0 Å². The van der Waals surface area contributed by atoms with E-state index in [9.17, 15) is 14.7 Å². The van der Waals surface area contributed by atoms with Crippen LogP contribution in [0, 0.1) is 5.92 Å². The van der Waals surface area contributed by atoms with Crippen molar-refractivity contribution in [1.29, 1.82) is 0 Å². The maximum absolute atomic E-state index is 13.2. The topological polar surface area (TPSA) is 83.0 Å². The molecule has 7 nitrogen and oxygen atoms in total. The number of carbonyl (C=O) groups excluding carboxylic acids is 2. The van der Waals surface area contributed by atoms with Crippen molar-refractivity contribution >= 4 is 28.8 Å². The Bertz CT molecular complexity index is 1230. The number of aliphatic hydroxyl groups excluding tert-OH is 1. The molecule has 3 aromatic rings. The van der Waals surface area contributed by atoms with Crippen LogP contribution in [-0.4, -0.2) is 42.5 Å². The number of Topliss-reactive ketones (excluding diaryl/α,β-unsaturated/α-hetero) is 1. The Morgan fingerprint density at radius 1 is 1.00 bits per heavy atom. The van der Waals surface area contributed by atoms with Crippen LogP contribution in [0.3, 0.4) is 0 Å². The number of ether oxygens (including phenoxy) is 1. The van der Waals surface area contributed by atoms with Gasteiger partial charge in [-0.25, -0.2) is 0 Å². The quantitative estimate of drug-likeness (QED) is 0.303. The Morgan fingerprint density at radius 2 is 1.63 bits per heavy atom. The van der Waals surface area contributed by atoms with Crippen LogP contribution in [0.25, 0.3) is 5.76 Å². The van der Waals surface area contributed by atoms with E-state index in [0.717, 1.165) is 5.69 Å². The Balaban J connectivity index is 1.78. The van der Waals surface area contributed by atoms with Crippen LogP contribution >= 0.6 is 0 Å². The number of pyridine rings is 1. The lowest BCUT2D eigenvalue weighted by molar-refractivity contribution is -0.132. The molecular formula is C28H29N3O4. The van der Waals surface area contributed by atoms with Gasteiger partial charge in [-0.05, 0) is 72.1 Å². The summed E-state index contributed by atoms with van der Waals surface area (Å²) in [5.41, 5.74) is 2.67. The molecule has 180 valence electrons. The zero-order valence-electron chi connectivity index (χ0n) is 20.3. The van der Waals surface area contributed by atoms with Gasteiger partial charge in [0.25, 0.3) is 11.7 Å². The minimum atomic E-state index is -0.792. The van der Waals surface area contributed by atoms with Crippen molar-refractivity contribution in [3.8, 4) is 5.75 Å². The summed E-state index contributed by atoms with van der Waals surface area (Å²) in [5, 5.41) is 11.2. The molecular weight excluding hydrogens is 442 g/mol. The van der Waals surface area contributed by atoms with Gasteiger partial charge in [-0.1, -0.05) is 13.8 Å². The van der Waals surface area contributed by atoms with Crippen LogP contribution in [0.15, 0.2) is 78.6 Å². The summed E-state index contributed by atoms with van der Waals surface area (Å²) in [5.74, 6) is -0.606. The normalized spacial score (nSPS) is 17.2. The fraction of sp³-hybridized carbons (Fsp3) is 0.250. The third kappa shape index (κ3) is 4.89. The fourth-order valence-corrected chi connectivity index (χ4v) is 4.00. The summed E-state index contributed by atoms with van der Waals surface area (Å²) < 4.78 is 5.72. The molecule has 0 radical (unpaired) electrons. The summed E-state index contributed by atoms with van der Waals surface area (Å²) in [6.45, 7) is 4.70. The highest BCUT2D eigenvalue weighted by Gasteiger charge is 2.46. The van der Waals surface area contributed by atoms with E-state index in [0.29, 0.717) is 35.1 Å². The van der Waals surface area contributed by atoms with Gasteiger partial charge in [-0.15, -0.1) is 0 Å². The Labute approximate surface area is 205 Å². The van der Waals surface area contributed by atoms with Crippen LogP contribution in [0.1, 0.15) is 31.0 Å². The average molecular weight is 472 g/mol. The van der Waals surface area contributed by atoms with Crippen LogP contribution in [0.2, 0.25) is 0 Å². The highest BCUT2D eigenvalue weighted by Crippen LogP contribution is 2.42.